The van der Waals surface area contributed by atoms with Crippen LogP contribution in [0.1, 0.15) is 62.3 Å². The lowest BCUT2D eigenvalue weighted by Crippen LogP contribution is -2.42. The highest BCUT2D eigenvalue weighted by Crippen LogP contribution is 2.30. The molecule has 2 fully saturated rings. The molecule has 3 heterocycles. The molecule has 2 aliphatic rings. The Balaban J connectivity index is 1.35. The minimum atomic E-state index is -0.313. The molecule has 1 aliphatic carbocycles. The van der Waals surface area contributed by atoms with Gasteiger partial charge in [0.15, 0.2) is 11.2 Å². The molecule has 1 aromatic carbocycles. The number of nitrogens with zero attached hydrogens (tertiary/aromatic N) is 5. The summed E-state index contributed by atoms with van der Waals surface area (Å²) in [6.45, 7) is 1.64. The van der Waals surface area contributed by atoms with E-state index < -0.39 is 0 Å². The van der Waals surface area contributed by atoms with Gasteiger partial charge in [0.05, 0.1) is 6.54 Å². The number of rotatable bonds is 4. The van der Waals surface area contributed by atoms with Crippen LogP contribution in [0.5, 0.6) is 0 Å². The first-order valence-corrected chi connectivity index (χ1v) is 12.3. The van der Waals surface area contributed by atoms with Gasteiger partial charge in [-0.15, -0.1) is 5.10 Å². The SMILES string of the molecule is O=C(C1CCCCC1)N1CCC(c2nc3c(nnn3Cc3c(Cl)cccc3Cl)c(=O)[nH]2)CC1. The fourth-order valence-electron chi connectivity index (χ4n) is 5.00. The van der Waals surface area contributed by atoms with Gasteiger partial charge >= 0.3 is 0 Å². The van der Waals surface area contributed by atoms with E-state index in [9.17, 15) is 9.59 Å². The predicted octanol–water partition coefficient (Wildman–Crippen LogP) is 4.16. The number of likely N-dealkylation sites (tertiary alicyclic amines) is 1. The molecule has 33 heavy (non-hydrogen) atoms. The highest BCUT2D eigenvalue weighted by molar-refractivity contribution is 6.36. The molecule has 1 N–H and O–H groups in total. The standard InChI is InChI=1S/C23H26Cl2N6O2/c24-17-7-4-8-18(25)16(17)13-31-21-19(28-29-31)22(32)27-20(26-21)14-9-11-30(12-10-14)23(33)15-5-2-1-3-6-15/h4,7-8,14-15H,1-3,5-6,9-13H2,(H,26,27,32). The normalized spacial score (nSPS) is 18.2. The summed E-state index contributed by atoms with van der Waals surface area (Å²) in [7, 11) is 0. The highest BCUT2D eigenvalue weighted by Gasteiger charge is 2.30. The lowest BCUT2D eigenvalue weighted by atomic mass is 9.87. The second kappa shape index (κ2) is 9.43. The van der Waals surface area contributed by atoms with Gasteiger partial charge in [0.25, 0.3) is 5.56 Å². The Labute approximate surface area is 201 Å². The van der Waals surface area contributed by atoms with Crippen LogP contribution in [-0.4, -0.2) is 48.9 Å². The third-order valence-corrected chi connectivity index (χ3v) is 7.62. The van der Waals surface area contributed by atoms with Crippen molar-refractivity contribution in [2.24, 2.45) is 5.92 Å². The van der Waals surface area contributed by atoms with E-state index in [4.69, 9.17) is 28.2 Å². The van der Waals surface area contributed by atoms with Crippen LogP contribution in [0, 0.1) is 5.92 Å². The predicted molar refractivity (Wildman–Crippen MR) is 127 cm³/mol. The van der Waals surface area contributed by atoms with Crippen molar-refractivity contribution in [3.8, 4) is 0 Å². The molecule has 174 valence electrons. The van der Waals surface area contributed by atoms with Crippen LogP contribution in [-0.2, 0) is 11.3 Å². The second-order valence-corrected chi connectivity index (χ2v) is 9.82. The van der Waals surface area contributed by atoms with Crippen molar-refractivity contribution in [1.29, 1.82) is 0 Å². The molecule has 3 aromatic rings. The maximum atomic E-state index is 12.9. The molecule has 0 radical (unpaired) electrons. The molecular weight excluding hydrogens is 463 g/mol. The fraction of sp³-hybridized carbons (Fsp3) is 0.522. The molecule has 10 heteroatoms. The monoisotopic (exact) mass is 488 g/mol. The van der Waals surface area contributed by atoms with Gasteiger partial charge in [-0.2, -0.15) is 0 Å². The number of H-pyrrole nitrogens is 1. The number of aromatic amines is 1. The minimum Gasteiger partial charge on any atom is -0.342 e. The zero-order chi connectivity index (χ0) is 22.9. The number of carbonyl (C=O) groups excluding carboxylic acids is 1. The van der Waals surface area contributed by atoms with Gasteiger partial charge < -0.3 is 9.88 Å². The van der Waals surface area contributed by atoms with Crippen LogP contribution < -0.4 is 5.56 Å². The Morgan fingerprint density at radius 3 is 2.45 bits per heavy atom. The first-order chi connectivity index (χ1) is 16.0. The highest BCUT2D eigenvalue weighted by atomic mass is 35.5. The quantitative estimate of drug-likeness (QED) is 0.594. The molecule has 1 saturated heterocycles. The van der Waals surface area contributed by atoms with Crippen molar-refractivity contribution in [2.45, 2.75) is 57.4 Å². The number of fused-ring (bicyclic) bond motifs is 1. The zero-order valence-corrected chi connectivity index (χ0v) is 19.8. The largest absolute Gasteiger partial charge is 0.342 e. The van der Waals surface area contributed by atoms with Crippen LogP contribution in [0.15, 0.2) is 23.0 Å². The fourth-order valence-corrected chi connectivity index (χ4v) is 5.51. The number of aromatic nitrogens is 5. The number of carbonyl (C=O) groups is 1. The first kappa shape index (κ1) is 22.3. The number of hydrogen-bond acceptors (Lipinski definition) is 5. The maximum Gasteiger partial charge on any atom is 0.281 e. The van der Waals surface area contributed by atoms with E-state index in [2.05, 4.69) is 15.3 Å². The van der Waals surface area contributed by atoms with Crippen LogP contribution in [0.2, 0.25) is 10.0 Å². The number of amides is 1. The van der Waals surface area contributed by atoms with E-state index in [1.165, 1.54) is 6.42 Å². The van der Waals surface area contributed by atoms with Gasteiger partial charge in [-0.25, -0.2) is 9.67 Å². The van der Waals surface area contributed by atoms with Gasteiger partial charge in [0.1, 0.15) is 5.82 Å². The van der Waals surface area contributed by atoms with E-state index in [1.54, 1.807) is 22.9 Å². The minimum absolute atomic E-state index is 0.0738. The summed E-state index contributed by atoms with van der Waals surface area (Å²) in [6, 6.07) is 5.30. The molecule has 0 atom stereocenters. The molecule has 0 unspecified atom stereocenters. The van der Waals surface area contributed by atoms with Crippen molar-refractivity contribution in [2.75, 3.05) is 13.1 Å². The number of benzene rings is 1. The number of halogens is 2. The maximum absolute atomic E-state index is 12.9. The molecular formula is C23H26Cl2N6O2. The van der Waals surface area contributed by atoms with Crippen molar-refractivity contribution in [1.82, 2.24) is 29.9 Å². The van der Waals surface area contributed by atoms with E-state index in [0.717, 1.165) is 38.5 Å². The van der Waals surface area contributed by atoms with E-state index in [1.807, 2.05) is 4.90 Å². The van der Waals surface area contributed by atoms with E-state index >= 15 is 0 Å². The molecule has 1 saturated carbocycles. The van der Waals surface area contributed by atoms with Gasteiger partial charge in [-0.3, -0.25) is 9.59 Å². The lowest BCUT2D eigenvalue weighted by Gasteiger charge is -2.34. The van der Waals surface area contributed by atoms with Crippen LogP contribution in [0.3, 0.4) is 0 Å². The summed E-state index contributed by atoms with van der Waals surface area (Å²) in [6.07, 6.45) is 7.10. The molecule has 0 spiro atoms. The number of nitrogens with one attached hydrogen (secondary N) is 1. The van der Waals surface area contributed by atoms with Gasteiger partial charge in [-0.1, -0.05) is 53.7 Å². The van der Waals surface area contributed by atoms with Crippen LogP contribution >= 0.6 is 23.2 Å². The molecule has 8 nitrogen and oxygen atoms in total. The lowest BCUT2D eigenvalue weighted by molar-refractivity contribution is -0.137. The first-order valence-electron chi connectivity index (χ1n) is 11.6. The molecule has 2 aromatic heterocycles. The van der Waals surface area contributed by atoms with E-state index in [-0.39, 0.29) is 29.5 Å². The van der Waals surface area contributed by atoms with E-state index in [0.29, 0.717) is 46.1 Å². The summed E-state index contributed by atoms with van der Waals surface area (Å²) in [4.78, 5) is 35.2. The Morgan fingerprint density at radius 2 is 1.76 bits per heavy atom. The van der Waals surface area contributed by atoms with Crippen LogP contribution in [0.25, 0.3) is 11.2 Å². The summed E-state index contributed by atoms with van der Waals surface area (Å²) < 4.78 is 1.56. The third kappa shape index (κ3) is 4.51. The molecule has 1 aliphatic heterocycles. The smallest absolute Gasteiger partial charge is 0.281 e. The van der Waals surface area contributed by atoms with Crippen LogP contribution in [0.4, 0.5) is 0 Å². The Hall–Kier alpha value is -2.45. The van der Waals surface area contributed by atoms with Crippen molar-refractivity contribution < 1.29 is 4.79 Å². The second-order valence-electron chi connectivity index (χ2n) is 9.01. The summed E-state index contributed by atoms with van der Waals surface area (Å²) >= 11 is 12.6. The van der Waals surface area contributed by atoms with Crippen molar-refractivity contribution in [3.63, 3.8) is 0 Å². The van der Waals surface area contributed by atoms with Gasteiger partial charge in [0, 0.05) is 40.5 Å². The van der Waals surface area contributed by atoms with Crippen molar-refractivity contribution in [3.05, 3.63) is 50.0 Å². The average Bonchev–Trinajstić information content (AvgIpc) is 3.25. The number of piperidine rings is 1. The topological polar surface area (TPSA) is 96.8 Å². The van der Waals surface area contributed by atoms with Gasteiger partial charge in [-0.05, 0) is 37.8 Å². The summed E-state index contributed by atoms with van der Waals surface area (Å²) in [5, 5.41) is 9.17. The average molecular weight is 489 g/mol. The molecule has 0 bridgehead atoms. The molecule has 5 rings (SSSR count). The summed E-state index contributed by atoms with van der Waals surface area (Å²) in [5.41, 5.74) is 0.982. The Kier molecular flexibility index (Phi) is 6.38. The summed E-state index contributed by atoms with van der Waals surface area (Å²) in [5.74, 6) is 1.17. The zero-order valence-electron chi connectivity index (χ0n) is 18.3. The number of hydrogen-bond donors (Lipinski definition) is 1. The molecule has 1 amide bonds. The third-order valence-electron chi connectivity index (χ3n) is 6.91. The Morgan fingerprint density at radius 1 is 1.06 bits per heavy atom. The van der Waals surface area contributed by atoms with Crippen molar-refractivity contribution >= 4 is 40.3 Å². The van der Waals surface area contributed by atoms with Gasteiger partial charge in [0.2, 0.25) is 5.91 Å². The Bertz CT molecular complexity index is 1210.